The number of aliphatic hydroxyl groups excluding tert-OH is 1. The first-order valence-electron chi connectivity index (χ1n) is 6.67. The van der Waals surface area contributed by atoms with Crippen LogP contribution in [0.4, 0.5) is 0 Å². The number of aliphatic hydroxyl groups is 1. The van der Waals surface area contributed by atoms with E-state index in [1.54, 1.807) is 0 Å². The van der Waals surface area contributed by atoms with Crippen molar-refractivity contribution in [3.8, 4) is 0 Å². The summed E-state index contributed by atoms with van der Waals surface area (Å²) < 4.78 is 0. The summed E-state index contributed by atoms with van der Waals surface area (Å²) in [6.45, 7) is 8.42. The van der Waals surface area contributed by atoms with Crippen LogP contribution in [0.25, 0.3) is 0 Å². The van der Waals surface area contributed by atoms with Crippen LogP contribution in [0.5, 0.6) is 0 Å². The zero-order chi connectivity index (χ0) is 12.6. The molecule has 1 saturated heterocycles. The summed E-state index contributed by atoms with van der Waals surface area (Å²) in [5.41, 5.74) is 5.96. The number of rotatable bonds is 1. The van der Waals surface area contributed by atoms with Crippen LogP contribution in [-0.2, 0) is 0 Å². The molecule has 1 heterocycles. The molecule has 1 aliphatic heterocycles. The average Bonchev–Trinajstić information content (AvgIpc) is 2.28. The Balaban J connectivity index is 1.97. The van der Waals surface area contributed by atoms with Gasteiger partial charge in [-0.15, -0.1) is 0 Å². The molecule has 4 nitrogen and oxygen atoms in total. The Hall–Kier alpha value is -0.770. The molecule has 0 radical (unpaired) electrons. The topological polar surface area (TPSA) is 61.8 Å². The Morgan fingerprint density at radius 3 is 2.71 bits per heavy atom. The van der Waals surface area contributed by atoms with Crippen molar-refractivity contribution in [2.45, 2.75) is 52.2 Å². The first-order chi connectivity index (χ1) is 7.91. The molecule has 3 N–H and O–H groups in total. The third kappa shape index (κ3) is 2.41. The van der Waals surface area contributed by atoms with Crippen LogP contribution in [0.15, 0.2) is 4.99 Å². The van der Waals surface area contributed by atoms with E-state index < -0.39 is 0 Å². The summed E-state index contributed by atoms with van der Waals surface area (Å²) in [5, 5.41) is 9.69. The van der Waals surface area contributed by atoms with Crippen molar-refractivity contribution in [2.24, 2.45) is 22.1 Å². The maximum atomic E-state index is 9.69. The second-order valence-corrected chi connectivity index (χ2v) is 6.27. The van der Waals surface area contributed by atoms with Gasteiger partial charge in [-0.2, -0.15) is 0 Å². The molecule has 0 spiro atoms. The van der Waals surface area contributed by atoms with E-state index in [1.807, 2.05) is 0 Å². The minimum absolute atomic E-state index is 0.119. The summed E-state index contributed by atoms with van der Waals surface area (Å²) >= 11 is 0. The summed E-state index contributed by atoms with van der Waals surface area (Å²) in [6.07, 6.45) is 3.01. The molecule has 0 aromatic carbocycles. The molecule has 1 saturated carbocycles. The highest BCUT2D eigenvalue weighted by molar-refractivity contribution is 5.78. The number of likely N-dealkylation sites (tertiary alicyclic amines) is 1. The minimum Gasteiger partial charge on any atom is -0.392 e. The molecule has 0 aromatic heterocycles. The lowest BCUT2D eigenvalue weighted by atomic mass is 9.65. The van der Waals surface area contributed by atoms with Gasteiger partial charge in [-0.1, -0.05) is 20.8 Å². The highest BCUT2D eigenvalue weighted by atomic mass is 16.3. The van der Waals surface area contributed by atoms with Gasteiger partial charge in [-0.05, 0) is 25.2 Å². The molecule has 1 aliphatic carbocycles. The quantitative estimate of drug-likeness (QED) is 0.534. The molecule has 3 atom stereocenters. The Labute approximate surface area is 104 Å². The van der Waals surface area contributed by atoms with Crippen molar-refractivity contribution in [1.29, 1.82) is 0 Å². The maximum Gasteiger partial charge on any atom is 0.191 e. The lowest BCUT2D eigenvalue weighted by molar-refractivity contribution is -0.0580. The van der Waals surface area contributed by atoms with Crippen LogP contribution in [0.2, 0.25) is 0 Å². The number of hydrogen-bond acceptors (Lipinski definition) is 2. The van der Waals surface area contributed by atoms with Crippen LogP contribution in [0.1, 0.15) is 40.0 Å². The van der Waals surface area contributed by atoms with E-state index >= 15 is 0 Å². The zero-order valence-corrected chi connectivity index (χ0v) is 11.2. The van der Waals surface area contributed by atoms with E-state index in [1.165, 1.54) is 12.8 Å². The van der Waals surface area contributed by atoms with Gasteiger partial charge in [0.1, 0.15) is 0 Å². The van der Waals surface area contributed by atoms with Crippen LogP contribution in [-0.4, -0.2) is 41.2 Å². The molecular formula is C13H25N3O. The van der Waals surface area contributed by atoms with E-state index in [4.69, 9.17) is 5.73 Å². The lowest BCUT2D eigenvalue weighted by Gasteiger charge is -2.47. The normalized spacial score (nSPS) is 37.8. The average molecular weight is 239 g/mol. The maximum absolute atomic E-state index is 9.69. The summed E-state index contributed by atoms with van der Waals surface area (Å²) in [7, 11) is 0. The Morgan fingerprint density at radius 1 is 1.47 bits per heavy atom. The molecule has 4 heteroatoms. The predicted molar refractivity (Wildman–Crippen MR) is 69.8 cm³/mol. The number of hydrogen-bond donors (Lipinski definition) is 2. The second-order valence-electron chi connectivity index (χ2n) is 6.27. The Bertz CT molecular complexity index is 314. The van der Waals surface area contributed by atoms with E-state index in [9.17, 15) is 5.11 Å². The monoisotopic (exact) mass is 239 g/mol. The van der Waals surface area contributed by atoms with Crippen molar-refractivity contribution in [3.63, 3.8) is 0 Å². The number of piperidine rings is 1. The lowest BCUT2D eigenvalue weighted by Crippen LogP contribution is -2.54. The van der Waals surface area contributed by atoms with E-state index in [0.29, 0.717) is 11.9 Å². The largest absolute Gasteiger partial charge is 0.392 e. The Morgan fingerprint density at radius 2 is 2.18 bits per heavy atom. The summed E-state index contributed by atoms with van der Waals surface area (Å²) in [5.74, 6) is 1.37. The fourth-order valence-electron chi connectivity index (χ4n) is 2.74. The Kier molecular flexibility index (Phi) is 3.34. The molecule has 2 fully saturated rings. The third-order valence-electron chi connectivity index (χ3n) is 4.43. The van der Waals surface area contributed by atoms with Gasteiger partial charge in [0, 0.05) is 18.5 Å². The van der Waals surface area contributed by atoms with Crippen molar-refractivity contribution in [2.75, 3.05) is 13.1 Å². The van der Waals surface area contributed by atoms with Gasteiger partial charge in [0.25, 0.3) is 0 Å². The highest BCUT2D eigenvalue weighted by Gasteiger charge is 2.47. The van der Waals surface area contributed by atoms with Gasteiger partial charge in [0.05, 0.1) is 12.1 Å². The fraction of sp³-hybridized carbons (Fsp3) is 0.923. The van der Waals surface area contributed by atoms with Gasteiger partial charge in [0.2, 0.25) is 0 Å². The van der Waals surface area contributed by atoms with E-state index in [0.717, 1.165) is 19.5 Å². The van der Waals surface area contributed by atoms with Crippen molar-refractivity contribution >= 4 is 5.96 Å². The SMILES string of the molecule is CC1CCCN(C(N)=NC2CC(O)C2(C)C)C1. The van der Waals surface area contributed by atoms with Gasteiger partial charge in [-0.3, -0.25) is 0 Å². The smallest absolute Gasteiger partial charge is 0.191 e. The summed E-state index contributed by atoms with van der Waals surface area (Å²) in [4.78, 5) is 6.79. The third-order valence-corrected chi connectivity index (χ3v) is 4.43. The van der Waals surface area contributed by atoms with Crippen LogP contribution >= 0.6 is 0 Å². The van der Waals surface area contributed by atoms with Gasteiger partial charge < -0.3 is 15.7 Å². The molecule has 2 rings (SSSR count). The van der Waals surface area contributed by atoms with Crippen molar-refractivity contribution < 1.29 is 5.11 Å². The summed E-state index contributed by atoms with van der Waals surface area (Å²) in [6, 6.07) is 0.176. The van der Waals surface area contributed by atoms with Gasteiger partial charge >= 0.3 is 0 Å². The van der Waals surface area contributed by atoms with E-state index in [2.05, 4.69) is 30.7 Å². The molecule has 3 unspecified atom stereocenters. The molecule has 2 aliphatic rings. The number of nitrogens with zero attached hydrogens (tertiary/aromatic N) is 2. The molecule has 98 valence electrons. The second kappa shape index (κ2) is 4.48. The standard InChI is InChI=1S/C13H25N3O/c1-9-5-4-6-16(8-9)12(14)15-10-7-11(17)13(10,2)3/h9-11,17H,4-8H2,1-3H3,(H2,14,15). The first kappa shape index (κ1) is 12.7. The first-order valence-corrected chi connectivity index (χ1v) is 6.67. The van der Waals surface area contributed by atoms with Crippen molar-refractivity contribution in [1.82, 2.24) is 4.90 Å². The highest BCUT2D eigenvalue weighted by Crippen LogP contribution is 2.42. The van der Waals surface area contributed by atoms with Crippen molar-refractivity contribution in [3.05, 3.63) is 0 Å². The fourth-order valence-corrected chi connectivity index (χ4v) is 2.74. The number of aliphatic imine (C=N–C) groups is 1. The van der Waals surface area contributed by atoms with Crippen LogP contribution in [0.3, 0.4) is 0 Å². The zero-order valence-electron chi connectivity index (χ0n) is 11.2. The van der Waals surface area contributed by atoms with Gasteiger partial charge in [-0.25, -0.2) is 4.99 Å². The molecule has 0 bridgehead atoms. The molecule has 17 heavy (non-hydrogen) atoms. The van der Waals surface area contributed by atoms with E-state index in [-0.39, 0.29) is 17.6 Å². The van der Waals surface area contributed by atoms with Crippen LogP contribution in [0, 0.1) is 11.3 Å². The van der Waals surface area contributed by atoms with Gasteiger partial charge in [0.15, 0.2) is 5.96 Å². The molecular weight excluding hydrogens is 214 g/mol. The van der Waals surface area contributed by atoms with Crippen LogP contribution < -0.4 is 5.73 Å². The molecule has 0 aromatic rings. The minimum atomic E-state index is -0.232. The predicted octanol–water partition coefficient (Wildman–Crippen LogP) is 1.19. The number of guanidine groups is 1. The molecule has 0 amide bonds. The number of nitrogens with two attached hydrogens (primary N) is 1.